The second-order valence-electron chi connectivity index (χ2n) is 15.6. The molecule has 0 heteroatoms. The molecule has 13 rings (SSSR count). The third kappa shape index (κ3) is 3.76. The fourth-order valence-corrected chi connectivity index (χ4v) is 10.7. The molecule has 0 aliphatic heterocycles. The molecule has 0 fully saturated rings. The van der Waals surface area contributed by atoms with Gasteiger partial charge in [0.15, 0.2) is 0 Å². The molecular formula is C55H32. The van der Waals surface area contributed by atoms with Crippen LogP contribution in [0.15, 0.2) is 194 Å². The summed E-state index contributed by atoms with van der Waals surface area (Å²) in [4.78, 5) is 0. The molecule has 55 heavy (non-hydrogen) atoms. The second kappa shape index (κ2) is 10.6. The van der Waals surface area contributed by atoms with Crippen LogP contribution < -0.4 is 0 Å². The van der Waals surface area contributed by atoms with E-state index in [2.05, 4.69) is 194 Å². The summed E-state index contributed by atoms with van der Waals surface area (Å²) in [5.74, 6) is 0. The highest BCUT2D eigenvalue weighted by Crippen LogP contribution is 2.65. The van der Waals surface area contributed by atoms with Crippen molar-refractivity contribution < 1.29 is 0 Å². The predicted molar refractivity (Wildman–Crippen MR) is 232 cm³/mol. The smallest absolute Gasteiger partial charge is 0.0619 e. The fourth-order valence-electron chi connectivity index (χ4n) is 10.7. The first-order valence-electron chi connectivity index (χ1n) is 19.3. The average Bonchev–Trinajstić information content (AvgIpc) is 3.72. The van der Waals surface area contributed by atoms with Gasteiger partial charge in [-0.15, -0.1) is 0 Å². The van der Waals surface area contributed by atoms with Crippen LogP contribution in [0.5, 0.6) is 0 Å². The summed E-state index contributed by atoms with van der Waals surface area (Å²) in [5, 5.41) is 13.0. The molecule has 0 amide bonds. The van der Waals surface area contributed by atoms with Crippen LogP contribution in [0.3, 0.4) is 0 Å². The van der Waals surface area contributed by atoms with Gasteiger partial charge in [-0.2, -0.15) is 0 Å². The molecule has 0 saturated heterocycles. The van der Waals surface area contributed by atoms with E-state index >= 15 is 0 Å². The molecule has 0 heterocycles. The van der Waals surface area contributed by atoms with Gasteiger partial charge in [-0.25, -0.2) is 0 Å². The number of rotatable bonds is 2. The van der Waals surface area contributed by atoms with E-state index in [1.165, 1.54) is 121 Å². The molecule has 0 bridgehead atoms. The monoisotopic (exact) mass is 692 g/mol. The van der Waals surface area contributed by atoms with E-state index in [4.69, 9.17) is 0 Å². The molecule has 0 N–H and O–H groups in total. The second-order valence-corrected chi connectivity index (χ2v) is 15.6. The van der Waals surface area contributed by atoms with Gasteiger partial charge in [0, 0.05) is 0 Å². The van der Waals surface area contributed by atoms with E-state index in [0.29, 0.717) is 0 Å². The van der Waals surface area contributed by atoms with Crippen molar-refractivity contribution in [3.05, 3.63) is 216 Å². The predicted octanol–water partition coefficient (Wildman–Crippen LogP) is 14.6. The zero-order valence-electron chi connectivity index (χ0n) is 30.0. The first-order chi connectivity index (χ1) is 27.3. The lowest BCUT2D eigenvalue weighted by atomic mass is 9.69. The summed E-state index contributed by atoms with van der Waals surface area (Å²) in [5.41, 5.74) is 15.5. The highest BCUT2D eigenvalue weighted by molar-refractivity contribution is 6.29. The van der Waals surface area contributed by atoms with Crippen molar-refractivity contribution in [3.8, 4) is 44.5 Å². The summed E-state index contributed by atoms with van der Waals surface area (Å²) in [6, 6.07) is 73.5. The van der Waals surface area contributed by atoms with E-state index in [9.17, 15) is 0 Å². The molecule has 0 saturated carbocycles. The minimum atomic E-state index is -0.439. The van der Waals surface area contributed by atoms with Crippen LogP contribution in [-0.2, 0) is 5.41 Å². The van der Waals surface area contributed by atoms with Gasteiger partial charge in [0.2, 0.25) is 0 Å². The van der Waals surface area contributed by atoms with Crippen LogP contribution in [0.4, 0.5) is 0 Å². The molecule has 11 aromatic carbocycles. The van der Waals surface area contributed by atoms with E-state index in [1.807, 2.05) is 0 Å². The Labute approximate surface area is 318 Å². The maximum Gasteiger partial charge on any atom is 0.0726 e. The summed E-state index contributed by atoms with van der Waals surface area (Å²) in [6.45, 7) is 0. The van der Waals surface area contributed by atoms with E-state index in [-0.39, 0.29) is 0 Å². The molecule has 1 spiro atoms. The molecule has 0 unspecified atom stereocenters. The van der Waals surface area contributed by atoms with Gasteiger partial charge < -0.3 is 0 Å². The normalized spacial score (nSPS) is 13.6. The first kappa shape index (κ1) is 29.4. The molecular weight excluding hydrogens is 661 g/mol. The summed E-state index contributed by atoms with van der Waals surface area (Å²) < 4.78 is 0. The van der Waals surface area contributed by atoms with E-state index in [1.54, 1.807) is 0 Å². The average molecular weight is 693 g/mol. The number of hydrogen-bond acceptors (Lipinski definition) is 0. The molecule has 0 aromatic heterocycles. The zero-order chi connectivity index (χ0) is 35.8. The largest absolute Gasteiger partial charge is 0.0726 e. The van der Waals surface area contributed by atoms with Crippen LogP contribution in [0.25, 0.3) is 98.4 Å². The van der Waals surface area contributed by atoms with Crippen molar-refractivity contribution in [2.24, 2.45) is 0 Å². The minimum Gasteiger partial charge on any atom is -0.0619 e. The Morgan fingerprint density at radius 1 is 0.255 bits per heavy atom. The quantitative estimate of drug-likeness (QED) is 0.158. The van der Waals surface area contributed by atoms with Crippen LogP contribution in [0.2, 0.25) is 0 Å². The van der Waals surface area contributed by atoms with Gasteiger partial charge in [-0.1, -0.05) is 170 Å². The maximum atomic E-state index is 2.55. The van der Waals surface area contributed by atoms with E-state index < -0.39 is 5.41 Å². The van der Waals surface area contributed by atoms with Crippen LogP contribution >= 0.6 is 0 Å². The number of fused-ring (bicyclic) bond motifs is 13. The standard InChI is InChI=1S/C55H32/c1-3-11-36-29-38(19-17-33(36)9-1)39-23-27-46-50(31-39)55(48-15-7-5-13-43(48)44-14-6-8-16-49(44)55)51-32-41-24-26-45-42(40-20-18-34-10-2-4-12-37(34)30-40)25-21-35-22-28-47(54(46)51)53(41)52(35)45/h1-32H. The third-order valence-electron chi connectivity index (χ3n) is 13.0. The number of benzene rings is 11. The highest BCUT2D eigenvalue weighted by atomic mass is 14.5. The summed E-state index contributed by atoms with van der Waals surface area (Å²) >= 11 is 0. The van der Waals surface area contributed by atoms with Gasteiger partial charge in [0.25, 0.3) is 0 Å². The first-order valence-corrected chi connectivity index (χ1v) is 19.3. The van der Waals surface area contributed by atoms with Gasteiger partial charge in [0.05, 0.1) is 5.41 Å². The van der Waals surface area contributed by atoms with Crippen molar-refractivity contribution in [2.75, 3.05) is 0 Å². The lowest BCUT2D eigenvalue weighted by Gasteiger charge is -2.31. The lowest BCUT2D eigenvalue weighted by molar-refractivity contribution is 0.795. The third-order valence-corrected chi connectivity index (χ3v) is 13.0. The Kier molecular flexibility index (Phi) is 5.65. The Hall–Kier alpha value is -7.02. The Bertz CT molecular complexity index is 3390. The van der Waals surface area contributed by atoms with Crippen molar-refractivity contribution in [2.45, 2.75) is 5.41 Å². The van der Waals surface area contributed by atoms with Gasteiger partial charge >= 0.3 is 0 Å². The molecule has 2 aliphatic carbocycles. The summed E-state index contributed by atoms with van der Waals surface area (Å²) in [7, 11) is 0. The molecule has 252 valence electrons. The van der Waals surface area contributed by atoms with Crippen molar-refractivity contribution in [1.29, 1.82) is 0 Å². The van der Waals surface area contributed by atoms with E-state index in [0.717, 1.165) is 0 Å². The van der Waals surface area contributed by atoms with Gasteiger partial charge in [-0.05, 0) is 145 Å². The fraction of sp³-hybridized carbons (Fsp3) is 0.0182. The minimum absolute atomic E-state index is 0.439. The Morgan fingerprint density at radius 2 is 0.764 bits per heavy atom. The number of hydrogen-bond donors (Lipinski definition) is 0. The zero-order valence-corrected chi connectivity index (χ0v) is 30.0. The summed E-state index contributed by atoms with van der Waals surface area (Å²) in [6.07, 6.45) is 0. The SMILES string of the molecule is c1ccc2c(c1)-c1ccccc1C21c2cc(-c3ccc4ccccc4c3)ccc2-c2c1cc1ccc3c(-c4ccc5ccccc5c4)ccc4ccc2c1c43. The van der Waals surface area contributed by atoms with Crippen molar-refractivity contribution in [3.63, 3.8) is 0 Å². The Morgan fingerprint density at radius 3 is 1.51 bits per heavy atom. The van der Waals surface area contributed by atoms with Crippen LogP contribution in [-0.4, -0.2) is 0 Å². The highest BCUT2D eigenvalue weighted by Gasteiger charge is 2.52. The van der Waals surface area contributed by atoms with Crippen LogP contribution in [0, 0.1) is 0 Å². The topological polar surface area (TPSA) is 0 Å². The maximum absolute atomic E-state index is 2.55. The van der Waals surface area contributed by atoms with Gasteiger partial charge in [0.1, 0.15) is 0 Å². The van der Waals surface area contributed by atoms with Crippen LogP contribution in [0.1, 0.15) is 22.3 Å². The molecule has 0 nitrogen and oxygen atoms in total. The Balaban J connectivity index is 1.14. The molecule has 0 atom stereocenters. The molecule has 0 radical (unpaired) electrons. The molecule has 2 aliphatic rings. The van der Waals surface area contributed by atoms with Crippen molar-refractivity contribution >= 4 is 53.9 Å². The van der Waals surface area contributed by atoms with Gasteiger partial charge in [-0.3, -0.25) is 0 Å². The lowest BCUT2D eigenvalue weighted by Crippen LogP contribution is -2.26. The molecule has 11 aromatic rings. The van der Waals surface area contributed by atoms with Crippen molar-refractivity contribution in [1.82, 2.24) is 0 Å².